The van der Waals surface area contributed by atoms with Gasteiger partial charge < -0.3 is 9.72 Å². The molecule has 0 amide bonds. The molecule has 118 valence electrons. The number of aromatic nitrogens is 2. The molecule has 1 saturated heterocycles. The minimum atomic E-state index is -0.461. The number of nitrogens with zero attached hydrogens (tertiary/aromatic N) is 1. The summed E-state index contributed by atoms with van der Waals surface area (Å²) in [7, 11) is 0. The van der Waals surface area contributed by atoms with E-state index >= 15 is 0 Å². The third kappa shape index (κ3) is 5.13. The molecule has 0 bridgehead atoms. The van der Waals surface area contributed by atoms with Gasteiger partial charge in [0.2, 0.25) is 0 Å². The second kappa shape index (κ2) is 7.56. The number of aromatic amines is 2. The van der Waals surface area contributed by atoms with E-state index in [1.165, 1.54) is 19.0 Å². The first kappa shape index (κ1) is 16.0. The maximum atomic E-state index is 11.7. The standard InChI is InChI=1S/C15H25N3O3/c1-11(2)4-3-5-13-10-18(6-7-21-13)9-12-8-16-15(20)17-14(12)19/h8,11,13H,3-7,9-10H2,1-2H3,(H2,16,17,19,20). The van der Waals surface area contributed by atoms with Crippen LogP contribution in [0.2, 0.25) is 0 Å². The summed E-state index contributed by atoms with van der Waals surface area (Å²) in [5, 5.41) is 0. The average molecular weight is 295 g/mol. The minimum Gasteiger partial charge on any atom is -0.376 e. The summed E-state index contributed by atoms with van der Waals surface area (Å²) in [6, 6.07) is 0. The fourth-order valence-electron chi connectivity index (χ4n) is 2.65. The molecule has 1 aromatic rings. The normalized spacial score (nSPS) is 20.0. The van der Waals surface area contributed by atoms with Crippen LogP contribution in [-0.4, -0.2) is 40.7 Å². The number of hydrogen-bond acceptors (Lipinski definition) is 4. The lowest BCUT2D eigenvalue weighted by atomic mass is 10.0. The van der Waals surface area contributed by atoms with Crippen LogP contribution in [-0.2, 0) is 11.3 Å². The molecule has 0 aliphatic carbocycles. The van der Waals surface area contributed by atoms with Crippen molar-refractivity contribution in [1.82, 2.24) is 14.9 Å². The van der Waals surface area contributed by atoms with Gasteiger partial charge in [-0.1, -0.05) is 26.7 Å². The number of morpholine rings is 1. The monoisotopic (exact) mass is 295 g/mol. The molecule has 2 N–H and O–H groups in total. The fraction of sp³-hybridized carbons (Fsp3) is 0.733. The zero-order valence-corrected chi connectivity index (χ0v) is 12.9. The van der Waals surface area contributed by atoms with Crippen molar-refractivity contribution in [3.63, 3.8) is 0 Å². The topological polar surface area (TPSA) is 78.2 Å². The van der Waals surface area contributed by atoms with Gasteiger partial charge in [-0.3, -0.25) is 14.7 Å². The molecule has 0 spiro atoms. The predicted octanol–water partition coefficient (Wildman–Crippen LogP) is 1.09. The maximum absolute atomic E-state index is 11.7. The number of nitrogens with one attached hydrogen (secondary N) is 2. The van der Waals surface area contributed by atoms with Gasteiger partial charge in [-0.2, -0.15) is 0 Å². The molecule has 2 heterocycles. The van der Waals surface area contributed by atoms with Crippen molar-refractivity contribution < 1.29 is 4.74 Å². The summed E-state index contributed by atoms with van der Waals surface area (Å²) in [4.78, 5) is 29.7. The van der Waals surface area contributed by atoms with Gasteiger partial charge in [0.1, 0.15) is 0 Å². The van der Waals surface area contributed by atoms with E-state index in [4.69, 9.17) is 4.74 Å². The van der Waals surface area contributed by atoms with Gasteiger partial charge in [0.25, 0.3) is 5.56 Å². The van der Waals surface area contributed by atoms with E-state index in [-0.39, 0.29) is 11.7 Å². The Morgan fingerprint density at radius 3 is 2.95 bits per heavy atom. The molecule has 0 aromatic carbocycles. The zero-order chi connectivity index (χ0) is 15.2. The van der Waals surface area contributed by atoms with E-state index in [1.54, 1.807) is 0 Å². The summed E-state index contributed by atoms with van der Waals surface area (Å²) < 4.78 is 5.79. The lowest BCUT2D eigenvalue weighted by Gasteiger charge is -2.32. The van der Waals surface area contributed by atoms with Crippen LogP contribution in [0.4, 0.5) is 0 Å². The molecule has 1 unspecified atom stereocenters. The van der Waals surface area contributed by atoms with Crippen molar-refractivity contribution in [2.45, 2.75) is 45.8 Å². The minimum absolute atomic E-state index is 0.249. The molecule has 1 atom stereocenters. The lowest BCUT2D eigenvalue weighted by molar-refractivity contribution is -0.0361. The van der Waals surface area contributed by atoms with E-state index in [0.717, 1.165) is 25.4 Å². The molecular formula is C15H25N3O3. The smallest absolute Gasteiger partial charge is 0.325 e. The summed E-state index contributed by atoms with van der Waals surface area (Å²) in [6.45, 7) is 7.38. The molecule has 0 radical (unpaired) electrons. The molecule has 6 heteroatoms. The van der Waals surface area contributed by atoms with Crippen LogP contribution >= 0.6 is 0 Å². The first-order valence-electron chi connectivity index (χ1n) is 7.69. The van der Waals surface area contributed by atoms with Crippen molar-refractivity contribution in [1.29, 1.82) is 0 Å². The molecular weight excluding hydrogens is 270 g/mol. The molecule has 1 fully saturated rings. The Morgan fingerprint density at radius 2 is 2.24 bits per heavy atom. The van der Waals surface area contributed by atoms with E-state index in [0.29, 0.717) is 18.7 Å². The second-order valence-electron chi connectivity index (χ2n) is 6.15. The van der Waals surface area contributed by atoms with Crippen molar-refractivity contribution in [2.24, 2.45) is 5.92 Å². The average Bonchev–Trinajstić information content (AvgIpc) is 2.42. The first-order chi connectivity index (χ1) is 10.0. The number of H-pyrrole nitrogens is 2. The van der Waals surface area contributed by atoms with Gasteiger partial charge in [0, 0.05) is 31.4 Å². The highest BCUT2D eigenvalue weighted by atomic mass is 16.5. The number of hydrogen-bond donors (Lipinski definition) is 2. The Bertz CT molecular complexity index is 550. The van der Waals surface area contributed by atoms with E-state index in [9.17, 15) is 9.59 Å². The highest BCUT2D eigenvalue weighted by Crippen LogP contribution is 2.15. The van der Waals surface area contributed by atoms with Crippen LogP contribution in [0, 0.1) is 5.92 Å². The quantitative estimate of drug-likeness (QED) is 0.823. The second-order valence-corrected chi connectivity index (χ2v) is 6.15. The molecule has 2 rings (SSSR count). The summed E-state index contributed by atoms with van der Waals surface area (Å²) >= 11 is 0. The van der Waals surface area contributed by atoms with Crippen molar-refractivity contribution in [2.75, 3.05) is 19.7 Å². The van der Waals surface area contributed by atoms with Gasteiger partial charge in [0.15, 0.2) is 0 Å². The van der Waals surface area contributed by atoms with E-state index < -0.39 is 5.69 Å². The summed E-state index contributed by atoms with van der Waals surface area (Å²) in [6.07, 6.45) is 5.22. The van der Waals surface area contributed by atoms with Gasteiger partial charge >= 0.3 is 5.69 Å². The molecule has 6 nitrogen and oxygen atoms in total. The predicted molar refractivity (Wildman–Crippen MR) is 81.4 cm³/mol. The van der Waals surface area contributed by atoms with E-state index in [1.807, 2.05) is 0 Å². The van der Waals surface area contributed by atoms with Gasteiger partial charge in [-0.15, -0.1) is 0 Å². The molecule has 1 aliphatic heterocycles. The van der Waals surface area contributed by atoms with Gasteiger partial charge in [-0.05, 0) is 12.3 Å². The highest BCUT2D eigenvalue weighted by molar-refractivity contribution is 5.03. The Hall–Kier alpha value is -1.40. The van der Waals surface area contributed by atoms with Crippen molar-refractivity contribution in [3.8, 4) is 0 Å². The highest BCUT2D eigenvalue weighted by Gasteiger charge is 2.21. The van der Waals surface area contributed by atoms with Crippen molar-refractivity contribution in [3.05, 3.63) is 32.6 Å². The van der Waals surface area contributed by atoms with Gasteiger partial charge in [-0.25, -0.2) is 4.79 Å². The lowest BCUT2D eigenvalue weighted by Crippen LogP contribution is -2.43. The molecule has 1 aromatic heterocycles. The Balaban J connectivity index is 1.86. The zero-order valence-electron chi connectivity index (χ0n) is 12.9. The molecule has 0 saturated carbocycles. The van der Waals surface area contributed by atoms with Crippen LogP contribution in [0.1, 0.15) is 38.7 Å². The third-order valence-electron chi connectivity index (χ3n) is 3.82. The SMILES string of the molecule is CC(C)CCCC1CN(Cc2c[nH]c(=O)[nH]c2=O)CCO1. The van der Waals surface area contributed by atoms with Crippen LogP contribution in [0.25, 0.3) is 0 Å². The van der Waals surface area contributed by atoms with Crippen LogP contribution in [0.5, 0.6) is 0 Å². The summed E-state index contributed by atoms with van der Waals surface area (Å²) in [5.74, 6) is 0.726. The maximum Gasteiger partial charge on any atom is 0.325 e. The van der Waals surface area contributed by atoms with Crippen LogP contribution < -0.4 is 11.2 Å². The van der Waals surface area contributed by atoms with Crippen LogP contribution in [0.15, 0.2) is 15.8 Å². The van der Waals surface area contributed by atoms with E-state index in [2.05, 4.69) is 28.7 Å². The molecule has 21 heavy (non-hydrogen) atoms. The Kier molecular flexibility index (Phi) is 5.76. The summed E-state index contributed by atoms with van der Waals surface area (Å²) in [5.41, 5.74) is -0.170. The largest absolute Gasteiger partial charge is 0.376 e. The van der Waals surface area contributed by atoms with Crippen LogP contribution in [0.3, 0.4) is 0 Å². The third-order valence-corrected chi connectivity index (χ3v) is 3.82. The Labute approximate surface area is 124 Å². The fourth-order valence-corrected chi connectivity index (χ4v) is 2.65. The number of ether oxygens (including phenoxy) is 1. The Morgan fingerprint density at radius 1 is 1.43 bits per heavy atom. The molecule has 1 aliphatic rings. The number of rotatable bonds is 6. The van der Waals surface area contributed by atoms with Gasteiger partial charge in [0.05, 0.1) is 12.7 Å². The first-order valence-corrected chi connectivity index (χ1v) is 7.69. The van der Waals surface area contributed by atoms with Crippen molar-refractivity contribution >= 4 is 0 Å².